The van der Waals surface area contributed by atoms with Crippen LogP contribution in [0.4, 0.5) is 0 Å². The average Bonchev–Trinajstić information content (AvgIpc) is 2.70. The van der Waals surface area contributed by atoms with Gasteiger partial charge >= 0.3 is 0 Å². The lowest BCUT2D eigenvalue weighted by atomic mass is 10.2. The van der Waals surface area contributed by atoms with Crippen molar-refractivity contribution in [2.45, 2.75) is 64.7 Å². The van der Waals surface area contributed by atoms with Crippen LogP contribution in [0.25, 0.3) is 0 Å². The lowest BCUT2D eigenvalue weighted by molar-refractivity contribution is -0.120. The Bertz CT molecular complexity index is 586. The van der Waals surface area contributed by atoms with Gasteiger partial charge in [-0.05, 0) is 44.9 Å². The number of nitrogens with zero attached hydrogens (tertiary/aromatic N) is 1. The molecular weight excluding hydrogens is 344 g/mol. The number of allylic oxidation sites excluding steroid dienone is 12. The maximum atomic E-state index is 11.4. The molecule has 0 aromatic rings. The molecule has 0 aliphatic carbocycles. The Morgan fingerprint density at radius 1 is 0.750 bits per heavy atom. The topological polar surface area (TPSA) is 52.9 Å². The largest absolute Gasteiger partial charge is 0.355 e. The first-order valence-corrected chi connectivity index (χ1v) is 10.3. The summed E-state index contributed by atoms with van der Waals surface area (Å²) >= 11 is 0. The lowest BCUT2D eigenvalue weighted by Gasteiger charge is -1.99. The second-order valence-corrected chi connectivity index (χ2v) is 6.21. The van der Waals surface area contributed by atoms with Gasteiger partial charge in [0.2, 0.25) is 5.91 Å². The molecule has 0 aromatic carbocycles. The normalized spacial score (nSPS) is 12.4. The molecular formula is C25H36N2O. The van der Waals surface area contributed by atoms with Crippen molar-refractivity contribution in [1.82, 2.24) is 5.32 Å². The molecule has 0 aliphatic heterocycles. The molecule has 152 valence electrons. The van der Waals surface area contributed by atoms with Crippen molar-refractivity contribution in [3.63, 3.8) is 0 Å². The van der Waals surface area contributed by atoms with Crippen LogP contribution >= 0.6 is 0 Å². The summed E-state index contributed by atoms with van der Waals surface area (Å²) in [6.07, 6.45) is 33.5. The minimum Gasteiger partial charge on any atom is -0.355 e. The second-order valence-electron chi connectivity index (χ2n) is 6.21. The minimum absolute atomic E-state index is 0.00905. The molecule has 0 fully saturated rings. The predicted octanol–water partition coefficient (Wildman–Crippen LogP) is 6.49. The maximum absolute atomic E-state index is 11.4. The van der Waals surface area contributed by atoms with Gasteiger partial charge in [-0.1, -0.05) is 79.8 Å². The first kappa shape index (κ1) is 25.4. The molecule has 0 unspecified atom stereocenters. The Labute approximate surface area is 171 Å². The Kier molecular flexibility index (Phi) is 20.4. The summed E-state index contributed by atoms with van der Waals surface area (Å²) in [5.74, 6) is 0.00905. The Balaban J connectivity index is 3.56. The number of carbonyl (C=O) groups excluding carboxylic acids is 1. The number of rotatable bonds is 16. The molecule has 0 rings (SSSR count). The monoisotopic (exact) mass is 380 g/mol. The zero-order valence-corrected chi connectivity index (χ0v) is 17.4. The molecule has 1 amide bonds. The van der Waals surface area contributed by atoms with E-state index in [1.54, 1.807) is 0 Å². The summed E-state index contributed by atoms with van der Waals surface area (Å²) in [4.78, 5) is 11.4. The summed E-state index contributed by atoms with van der Waals surface area (Å²) in [6.45, 7) is 2.59. The van der Waals surface area contributed by atoms with Gasteiger partial charge in [0.05, 0.1) is 12.5 Å². The van der Waals surface area contributed by atoms with E-state index in [0.717, 1.165) is 44.9 Å². The van der Waals surface area contributed by atoms with Crippen molar-refractivity contribution in [1.29, 1.82) is 5.26 Å². The summed E-state index contributed by atoms with van der Waals surface area (Å²) < 4.78 is 0. The fraction of sp³-hybridized carbons (Fsp3) is 0.440. The smallest absolute Gasteiger partial charge is 0.220 e. The molecule has 1 N–H and O–H groups in total. The van der Waals surface area contributed by atoms with Gasteiger partial charge in [-0.15, -0.1) is 0 Å². The van der Waals surface area contributed by atoms with Gasteiger partial charge in [0.25, 0.3) is 0 Å². The third kappa shape index (κ3) is 21.4. The first-order valence-electron chi connectivity index (χ1n) is 10.3. The third-order valence-electron chi connectivity index (χ3n) is 3.69. The Morgan fingerprint density at radius 3 is 1.61 bits per heavy atom. The number of amides is 1. The fourth-order valence-corrected chi connectivity index (χ4v) is 2.20. The van der Waals surface area contributed by atoms with E-state index in [1.165, 1.54) is 0 Å². The molecule has 3 nitrogen and oxygen atoms in total. The molecule has 3 heteroatoms. The maximum Gasteiger partial charge on any atom is 0.220 e. The molecule has 0 bridgehead atoms. The number of nitriles is 1. The van der Waals surface area contributed by atoms with Crippen molar-refractivity contribution < 1.29 is 4.79 Å². The third-order valence-corrected chi connectivity index (χ3v) is 3.69. The predicted molar refractivity (Wildman–Crippen MR) is 121 cm³/mol. The van der Waals surface area contributed by atoms with E-state index in [-0.39, 0.29) is 5.91 Å². The van der Waals surface area contributed by atoms with Crippen LogP contribution in [0.5, 0.6) is 0 Å². The van der Waals surface area contributed by atoms with Crippen LogP contribution in [0.15, 0.2) is 72.9 Å². The van der Waals surface area contributed by atoms with Gasteiger partial charge in [0.1, 0.15) is 0 Å². The van der Waals surface area contributed by atoms with Crippen LogP contribution in [0.2, 0.25) is 0 Å². The molecule has 0 saturated carbocycles. The van der Waals surface area contributed by atoms with Crippen LogP contribution in [0.3, 0.4) is 0 Å². The van der Waals surface area contributed by atoms with E-state index in [1.807, 2.05) is 12.1 Å². The fourth-order valence-electron chi connectivity index (χ4n) is 2.20. The van der Waals surface area contributed by atoms with Crippen molar-refractivity contribution in [3.05, 3.63) is 72.9 Å². The van der Waals surface area contributed by atoms with E-state index < -0.39 is 0 Å². The molecule has 0 atom stereocenters. The standard InChI is InChI=1S/C25H36N2O/c1-2-3-4-5-6-7-8-9-10-11-12-13-14-15-16-17-18-19-20-22-25(28)27-24-21-23-26/h3-4,6-7,9-10,12-13,15-16,18-19H,2,5,8,11,14,17,20-22,24H2,1H3,(H,27,28). The molecule has 0 heterocycles. The minimum atomic E-state index is 0.00905. The highest BCUT2D eigenvalue weighted by Gasteiger charge is 1.96. The van der Waals surface area contributed by atoms with Crippen LogP contribution in [-0.2, 0) is 4.79 Å². The quantitative estimate of drug-likeness (QED) is 0.246. The Morgan fingerprint density at radius 2 is 1.18 bits per heavy atom. The highest BCUT2D eigenvalue weighted by molar-refractivity contribution is 5.75. The van der Waals surface area contributed by atoms with Gasteiger partial charge in [-0.2, -0.15) is 5.26 Å². The van der Waals surface area contributed by atoms with Crippen LogP contribution in [0, 0.1) is 11.3 Å². The van der Waals surface area contributed by atoms with Crippen molar-refractivity contribution in [2.75, 3.05) is 6.54 Å². The summed E-state index contributed by atoms with van der Waals surface area (Å²) in [5.41, 5.74) is 0. The Hall–Kier alpha value is -2.60. The molecule has 0 saturated heterocycles. The number of hydrogen-bond acceptors (Lipinski definition) is 2. The van der Waals surface area contributed by atoms with Gasteiger partial charge in [0.15, 0.2) is 0 Å². The van der Waals surface area contributed by atoms with E-state index in [0.29, 0.717) is 19.4 Å². The molecule has 0 spiro atoms. The molecule has 0 aromatic heterocycles. The highest BCUT2D eigenvalue weighted by atomic mass is 16.1. The van der Waals surface area contributed by atoms with E-state index in [4.69, 9.17) is 5.26 Å². The number of nitrogens with one attached hydrogen (secondary N) is 1. The van der Waals surface area contributed by atoms with Crippen molar-refractivity contribution in [3.8, 4) is 6.07 Å². The van der Waals surface area contributed by atoms with E-state index in [9.17, 15) is 4.79 Å². The molecule has 0 aliphatic rings. The van der Waals surface area contributed by atoms with Crippen molar-refractivity contribution in [2.24, 2.45) is 0 Å². The van der Waals surface area contributed by atoms with Crippen LogP contribution < -0.4 is 5.32 Å². The average molecular weight is 381 g/mol. The van der Waals surface area contributed by atoms with E-state index in [2.05, 4.69) is 79.1 Å². The van der Waals surface area contributed by atoms with Gasteiger partial charge in [-0.25, -0.2) is 0 Å². The molecule has 0 radical (unpaired) electrons. The zero-order chi connectivity index (χ0) is 20.5. The van der Waals surface area contributed by atoms with Gasteiger partial charge in [0, 0.05) is 13.0 Å². The molecule has 28 heavy (non-hydrogen) atoms. The van der Waals surface area contributed by atoms with Crippen LogP contribution in [0.1, 0.15) is 64.7 Å². The number of hydrogen-bond donors (Lipinski definition) is 1. The van der Waals surface area contributed by atoms with Gasteiger partial charge in [-0.3, -0.25) is 4.79 Å². The summed E-state index contributed by atoms with van der Waals surface area (Å²) in [5, 5.41) is 11.1. The van der Waals surface area contributed by atoms with E-state index >= 15 is 0 Å². The van der Waals surface area contributed by atoms with Crippen molar-refractivity contribution >= 4 is 5.91 Å². The zero-order valence-electron chi connectivity index (χ0n) is 17.4. The van der Waals surface area contributed by atoms with Crippen LogP contribution in [-0.4, -0.2) is 12.5 Å². The highest BCUT2D eigenvalue weighted by Crippen LogP contribution is 1.97. The SMILES string of the molecule is CCC=CCC=CCC=CCC=CCC=CCC=CCCC(=O)NCCC#N. The summed E-state index contributed by atoms with van der Waals surface area (Å²) in [6, 6.07) is 2.00. The second kappa shape index (κ2) is 22.4. The lowest BCUT2D eigenvalue weighted by Crippen LogP contribution is -2.23. The van der Waals surface area contributed by atoms with Gasteiger partial charge < -0.3 is 5.32 Å². The summed E-state index contributed by atoms with van der Waals surface area (Å²) in [7, 11) is 0. The first-order chi connectivity index (χ1) is 13.8. The number of carbonyl (C=O) groups is 1.